The molecule has 0 radical (unpaired) electrons. The van der Waals surface area contributed by atoms with E-state index in [1.54, 1.807) is 12.1 Å². The Kier molecular flexibility index (Phi) is 7.71. The van der Waals surface area contributed by atoms with Crippen LogP contribution < -0.4 is 25.6 Å². The molecule has 0 saturated carbocycles. The standard InChI is InChI=1S/C20H25N3O5S/c1-2-25-14-5-7-15(8-6-14)27-13-17-9-10-18(28-17)19(24)22-23-20(29)21-12-16-4-3-11-26-16/h5-10,16H,2-4,11-13H2,1H3,(H,22,24)(H2,21,23,29)/t16-/m0/s1. The number of furan rings is 1. The Morgan fingerprint density at radius 3 is 2.59 bits per heavy atom. The van der Waals surface area contributed by atoms with E-state index in [1.165, 1.54) is 0 Å². The molecular formula is C20H25N3O5S. The van der Waals surface area contributed by atoms with Gasteiger partial charge in [0.15, 0.2) is 10.9 Å². The molecular weight excluding hydrogens is 394 g/mol. The maximum atomic E-state index is 12.2. The van der Waals surface area contributed by atoms with E-state index in [4.69, 9.17) is 30.8 Å². The maximum Gasteiger partial charge on any atom is 0.305 e. The molecule has 0 spiro atoms. The molecule has 9 heteroatoms. The van der Waals surface area contributed by atoms with Crippen LogP contribution in [-0.2, 0) is 11.3 Å². The first-order valence-corrected chi connectivity index (χ1v) is 9.95. The average molecular weight is 420 g/mol. The van der Waals surface area contributed by atoms with Crippen LogP contribution in [-0.4, -0.2) is 36.9 Å². The minimum Gasteiger partial charge on any atom is -0.494 e. The minimum absolute atomic E-state index is 0.157. The van der Waals surface area contributed by atoms with Crippen LogP contribution in [0.1, 0.15) is 36.1 Å². The summed E-state index contributed by atoms with van der Waals surface area (Å²) in [4.78, 5) is 12.2. The van der Waals surface area contributed by atoms with Gasteiger partial charge in [0.2, 0.25) is 0 Å². The molecule has 1 aromatic carbocycles. The van der Waals surface area contributed by atoms with E-state index >= 15 is 0 Å². The summed E-state index contributed by atoms with van der Waals surface area (Å²) < 4.78 is 22.1. The number of hydrazine groups is 1. The van der Waals surface area contributed by atoms with Gasteiger partial charge in [-0.25, -0.2) is 0 Å². The first kappa shape index (κ1) is 20.9. The van der Waals surface area contributed by atoms with Gasteiger partial charge in [-0.2, -0.15) is 0 Å². The average Bonchev–Trinajstić information content (AvgIpc) is 3.42. The highest BCUT2D eigenvalue weighted by atomic mass is 32.1. The van der Waals surface area contributed by atoms with Crippen molar-refractivity contribution in [2.24, 2.45) is 0 Å². The molecule has 1 amide bonds. The van der Waals surface area contributed by atoms with Crippen molar-refractivity contribution in [1.29, 1.82) is 0 Å². The number of benzene rings is 1. The number of nitrogens with one attached hydrogen (secondary N) is 3. The Morgan fingerprint density at radius 2 is 1.90 bits per heavy atom. The lowest BCUT2D eigenvalue weighted by Crippen LogP contribution is -2.48. The van der Waals surface area contributed by atoms with Crippen molar-refractivity contribution >= 4 is 23.2 Å². The van der Waals surface area contributed by atoms with E-state index in [0.29, 0.717) is 29.8 Å². The monoisotopic (exact) mass is 419 g/mol. The molecule has 0 bridgehead atoms. The van der Waals surface area contributed by atoms with Gasteiger partial charge in [-0.15, -0.1) is 0 Å². The van der Waals surface area contributed by atoms with Crippen LogP contribution in [0, 0.1) is 0 Å². The van der Waals surface area contributed by atoms with Crippen molar-refractivity contribution in [3.8, 4) is 11.5 Å². The van der Waals surface area contributed by atoms with Gasteiger partial charge in [0.1, 0.15) is 23.9 Å². The van der Waals surface area contributed by atoms with Crippen LogP contribution in [0.3, 0.4) is 0 Å². The minimum atomic E-state index is -0.432. The van der Waals surface area contributed by atoms with E-state index in [2.05, 4.69) is 16.2 Å². The Balaban J connectivity index is 1.39. The molecule has 1 aliphatic rings. The maximum absolute atomic E-state index is 12.2. The zero-order valence-electron chi connectivity index (χ0n) is 16.2. The number of thiocarbonyl (C=S) groups is 1. The summed E-state index contributed by atoms with van der Waals surface area (Å²) in [5.41, 5.74) is 5.15. The quantitative estimate of drug-likeness (QED) is 0.444. The topological polar surface area (TPSA) is 94.0 Å². The number of carbonyl (C=O) groups is 1. The highest BCUT2D eigenvalue weighted by Crippen LogP contribution is 2.19. The number of ether oxygens (including phenoxy) is 3. The molecule has 8 nitrogen and oxygen atoms in total. The first-order chi connectivity index (χ1) is 14.1. The number of amides is 1. The molecule has 1 atom stereocenters. The van der Waals surface area contributed by atoms with Crippen LogP contribution >= 0.6 is 12.2 Å². The molecule has 1 aromatic heterocycles. The lowest BCUT2D eigenvalue weighted by molar-refractivity contribution is 0.0911. The molecule has 3 N–H and O–H groups in total. The fourth-order valence-corrected chi connectivity index (χ4v) is 2.90. The Hall–Kier alpha value is -2.78. The molecule has 0 aliphatic carbocycles. The summed E-state index contributed by atoms with van der Waals surface area (Å²) in [5, 5.41) is 3.33. The summed E-state index contributed by atoms with van der Waals surface area (Å²) in [5.74, 6) is 1.72. The number of hydrogen-bond donors (Lipinski definition) is 3. The summed E-state index contributed by atoms with van der Waals surface area (Å²) in [6, 6.07) is 10.6. The zero-order chi connectivity index (χ0) is 20.5. The Morgan fingerprint density at radius 1 is 1.14 bits per heavy atom. The molecule has 3 rings (SSSR count). The van der Waals surface area contributed by atoms with Gasteiger partial charge in [-0.05, 0) is 68.4 Å². The van der Waals surface area contributed by atoms with Gasteiger partial charge < -0.3 is 23.9 Å². The second kappa shape index (κ2) is 10.7. The van der Waals surface area contributed by atoms with Gasteiger partial charge in [0.05, 0.1) is 12.7 Å². The normalized spacial score (nSPS) is 15.6. The van der Waals surface area contributed by atoms with Crippen molar-refractivity contribution in [3.63, 3.8) is 0 Å². The van der Waals surface area contributed by atoms with Crippen molar-refractivity contribution in [3.05, 3.63) is 47.9 Å². The molecule has 2 heterocycles. The van der Waals surface area contributed by atoms with Crippen molar-refractivity contribution in [2.75, 3.05) is 19.8 Å². The third kappa shape index (κ3) is 6.65. The molecule has 0 unspecified atom stereocenters. The molecule has 1 fully saturated rings. The van der Waals surface area contributed by atoms with Gasteiger partial charge in [0.25, 0.3) is 0 Å². The van der Waals surface area contributed by atoms with Gasteiger partial charge in [0, 0.05) is 13.2 Å². The summed E-state index contributed by atoms with van der Waals surface area (Å²) in [6.07, 6.45) is 2.23. The van der Waals surface area contributed by atoms with Gasteiger partial charge in [-0.3, -0.25) is 15.6 Å². The van der Waals surface area contributed by atoms with E-state index in [9.17, 15) is 4.79 Å². The SMILES string of the molecule is CCOc1ccc(OCc2ccc(C(=O)NNC(=S)NC[C@@H]3CCCO3)o2)cc1. The smallest absolute Gasteiger partial charge is 0.305 e. The molecule has 1 saturated heterocycles. The van der Waals surface area contributed by atoms with E-state index in [-0.39, 0.29) is 18.5 Å². The molecule has 2 aromatic rings. The third-order valence-electron chi connectivity index (χ3n) is 4.21. The number of rotatable bonds is 8. The van der Waals surface area contributed by atoms with Gasteiger partial charge >= 0.3 is 5.91 Å². The predicted octanol–water partition coefficient (Wildman–Crippen LogP) is 2.55. The molecule has 29 heavy (non-hydrogen) atoms. The fraction of sp³-hybridized carbons (Fsp3) is 0.400. The van der Waals surface area contributed by atoms with Crippen LogP contribution in [0.15, 0.2) is 40.8 Å². The number of carbonyl (C=O) groups excluding carboxylic acids is 1. The molecule has 156 valence electrons. The Bertz CT molecular complexity index is 803. The Labute approximate surface area is 174 Å². The summed E-state index contributed by atoms with van der Waals surface area (Å²) in [7, 11) is 0. The second-order valence-electron chi connectivity index (χ2n) is 6.38. The van der Waals surface area contributed by atoms with E-state index in [0.717, 1.165) is 25.2 Å². The van der Waals surface area contributed by atoms with Crippen molar-refractivity contribution < 1.29 is 23.4 Å². The first-order valence-electron chi connectivity index (χ1n) is 9.54. The number of hydrogen-bond acceptors (Lipinski definition) is 6. The highest BCUT2D eigenvalue weighted by Gasteiger charge is 2.16. The zero-order valence-corrected chi connectivity index (χ0v) is 17.1. The van der Waals surface area contributed by atoms with Crippen molar-refractivity contribution in [1.82, 2.24) is 16.2 Å². The second-order valence-corrected chi connectivity index (χ2v) is 6.79. The predicted molar refractivity (Wildman–Crippen MR) is 111 cm³/mol. The highest BCUT2D eigenvalue weighted by molar-refractivity contribution is 7.80. The van der Waals surface area contributed by atoms with E-state index in [1.807, 2.05) is 31.2 Å². The van der Waals surface area contributed by atoms with Crippen LogP contribution in [0.25, 0.3) is 0 Å². The van der Waals surface area contributed by atoms with Crippen molar-refractivity contribution in [2.45, 2.75) is 32.5 Å². The van der Waals surface area contributed by atoms with Crippen LogP contribution in [0.4, 0.5) is 0 Å². The van der Waals surface area contributed by atoms with Gasteiger partial charge in [-0.1, -0.05) is 0 Å². The lowest BCUT2D eigenvalue weighted by atomic mass is 10.2. The van der Waals surface area contributed by atoms with Crippen LogP contribution in [0.2, 0.25) is 0 Å². The van der Waals surface area contributed by atoms with Crippen LogP contribution in [0.5, 0.6) is 11.5 Å². The van der Waals surface area contributed by atoms with E-state index < -0.39 is 5.91 Å². The molecule has 1 aliphatic heterocycles. The third-order valence-corrected chi connectivity index (χ3v) is 4.45. The summed E-state index contributed by atoms with van der Waals surface area (Å²) in [6.45, 7) is 4.14. The largest absolute Gasteiger partial charge is 0.494 e. The lowest BCUT2D eigenvalue weighted by Gasteiger charge is -2.14. The fourth-order valence-electron chi connectivity index (χ4n) is 2.76. The summed E-state index contributed by atoms with van der Waals surface area (Å²) >= 11 is 5.13.